The first-order valence-electron chi connectivity index (χ1n) is 7.99. The summed E-state index contributed by atoms with van der Waals surface area (Å²) in [7, 11) is 0. The van der Waals surface area contributed by atoms with Crippen LogP contribution in [0, 0.1) is 0 Å². The van der Waals surface area contributed by atoms with Gasteiger partial charge < -0.3 is 10.2 Å². The van der Waals surface area contributed by atoms with E-state index < -0.39 is 0 Å². The molecule has 1 saturated heterocycles. The maximum absolute atomic E-state index is 12.3. The molecule has 1 aliphatic heterocycles. The minimum Gasteiger partial charge on any atom is -0.376 e. The van der Waals surface area contributed by atoms with Gasteiger partial charge in [-0.2, -0.15) is 0 Å². The molecule has 1 N–H and O–H groups in total. The molecule has 0 unspecified atom stereocenters. The number of nitrogens with zero attached hydrogens (tertiary/aromatic N) is 3. The zero-order valence-electron chi connectivity index (χ0n) is 13.6. The van der Waals surface area contributed by atoms with Crippen LogP contribution in [0.2, 0.25) is 0 Å². The van der Waals surface area contributed by atoms with Gasteiger partial charge in [-0.25, -0.2) is 0 Å². The molecule has 1 fully saturated rings. The van der Waals surface area contributed by atoms with E-state index in [1.165, 1.54) is 5.56 Å². The Morgan fingerprint density at radius 1 is 1.00 bits per heavy atom. The number of benzene rings is 1. The van der Waals surface area contributed by atoms with Crippen LogP contribution >= 0.6 is 12.4 Å². The molecular formula is C18H23ClN4O. The smallest absolute Gasteiger partial charge is 0.241 e. The fraction of sp³-hybridized carbons (Fsp3) is 0.333. The highest BCUT2D eigenvalue weighted by Gasteiger charge is 2.20. The van der Waals surface area contributed by atoms with Crippen molar-refractivity contribution in [3.8, 4) is 0 Å². The van der Waals surface area contributed by atoms with Crippen molar-refractivity contribution < 1.29 is 4.79 Å². The molecule has 0 saturated carbocycles. The fourth-order valence-corrected chi connectivity index (χ4v) is 2.75. The molecule has 1 aliphatic rings. The van der Waals surface area contributed by atoms with Gasteiger partial charge in [0.1, 0.15) is 0 Å². The van der Waals surface area contributed by atoms with Crippen LogP contribution in [0.1, 0.15) is 5.56 Å². The van der Waals surface area contributed by atoms with Gasteiger partial charge in [0.05, 0.1) is 6.54 Å². The van der Waals surface area contributed by atoms with Gasteiger partial charge in [-0.1, -0.05) is 18.2 Å². The summed E-state index contributed by atoms with van der Waals surface area (Å²) >= 11 is 0. The first kappa shape index (κ1) is 18.2. The van der Waals surface area contributed by atoms with Crippen LogP contribution in [0.15, 0.2) is 54.9 Å². The molecule has 0 atom stereocenters. The van der Waals surface area contributed by atoms with E-state index in [1.54, 1.807) is 0 Å². The van der Waals surface area contributed by atoms with Crippen LogP contribution < -0.4 is 5.32 Å². The topological polar surface area (TPSA) is 48.5 Å². The Kier molecular flexibility index (Phi) is 7.03. The standard InChI is InChI=1S/C18H22N4O.ClH/c23-18(14-20-17-4-2-1-3-5-17)22-12-10-21(11-13-22)15-16-6-8-19-9-7-16;/h1-9,20H,10-15H2;1H. The lowest BCUT2D eigenvalue weighted by Crippen LogP contribution is -2.49. The van der Waals surface area contributed by atoms with E-state index in [1.807, 2.05) is 59.8 Å². The van der Waals surface area contributed by atoms with Gasteiger partial charge in [0.2, 0.25) is 5.91 Å². The summed E-state index contributed by atoms with van der Waals surface area (Å²) < 4.78 is 0. The molecule has 0 spiro atoms. The third-order valence-electron chi connectivity index (χ3n) is 4.10. The van der Waals surface area contributed by atoms with E-state index in [2.05, 4.69) is 15.2 Å². The molecule has 24 heavy (non-hydrogen) atoms. The maximum atomic E-state index is 12.3. The summed E-state index contributed by atoms with van der Waals surface area (Å²) in [4.78, 5) is 20.6. The predicted octanol–water partition coefficient (Wildman–Crippen LogP) is 2.26. The second-order valence-corrected chi connectivity index (χ2v) is 5.73. The monoisotopic (exact) mass is 346 g/mol. The van der Waals surface area contributed by atoms with Crippen molar-refractivity contribution in [1.82, 2.24) is 14.8 Å². The Hall–Kier alpha value is -2.11. The summed E-state index contributed by atoms with van der Waals surface area (Å²) in [6, 6.07) is 13.9. The van der Waals surface area contributed by atoms with E-state index >= 15 is 0 Å². The third-order valence-corrected chi connectivity index (χ3v) is 4.10. The minimum atomic E-state index is 0. The number of rotatable bonds is 5. The second kappa shape index (κ2) is 9.25. The van der Waals surface area contributed by atoms with Crippen LogP contribution in [-0.4, -0.2) is 53.4 Å². The lowest BCUT2D eigenvalue weighted by molar-refractivity contribution is -0.131. The zero-order valence-corrected chi connectivity index (χ0v) is 14.4. The quantitative estimate of drug-likeness (QED) is 0.902. The Labute approximate surface area is 149 Å². The van der Waals surface area contributed by atoms with Crippen molar-refractivity contribution in [1.29, 1.82) is 0 Å². The number of anilines is 1. The lowest BCUT2D eigenvalue weighted by Gasteiger charge is -2.34. The van der Waals surface area contributed by atoms with Crippen LogP contribution in [0.25, 0.3) is 0 Å². The molecular weight excluding hydrogens is 324 g/mol. The average Bonchev–Trinajstić information content (AvgIpc) is 2.62. The molecule has 0 radical (unpaired) electrons. The molecule has 1 aromatic carbocycles. The van der Waals surface area contributed by atoms with Gasteiger partial charge in [0, 0.05) is 50.8 Å². The van der Waals surface area contributed by atoms with Crippen LogP contribution in [0.5, 0.6) is 0 Å². The number of carbonyl (C=O) groups excluding carboxylic acids is 1. The molecule has 2 aromatic rings. The Bertz CT molecular complexity index is 615. The fourth-order valence-electron chi connectivity index (χ4n) is 2.75. The molecule has 1 aromatic heterocycles. The summed E-state index contributed by atoms with van der Waals surface area (Å²) in [6.45, 7) is 4.70. The van der Waals surface area contributed by atoms with E-state index in [4.69, 9.17) is 0 Å². The van der Waals surface area contributed by atoms with Crippen molar-refractivity contribution in [3.63, 3.8) is 0 Å². The molecule has 0 aliphatic carbocycles. The van der Waals surface area contributed by atoms with Gasteiger partial charge in [-0.15, -0.1) is 12.4 Å². The third kappa shape index (κ3) is 5.22. The number of carbonyl (C=O) groups is 1. The Morgan fingerprint density at radius 3 is 2.33 bits per heavy atom. The summed E-state index contributed by atoms with van der Waals surface area (Å²) in [5, 5.41) is 3.18. The summed E-state index contributed by atoms with van der Waals surface area (Å²) in [5.41, 5.74) is 2.25. The van der Waals surface area contributed by atoms with Crippen LogP contribution in [-0.2, 0) is 11.3 Å². The summed E-state index contributed by atoms with van der Waals surface area (Å²) in [6.07, 6.45) is 3.65. The molecule has 2 heterocycles. The lowest BCUT2D eigenvalue weighted by atomic mass is 10.2. The van der Waals surface area contributed by atoms with Gasteiger partial charge in [-0.05, 0) is 29.8 Å². The SMILES string of the molecule is Cl.O=C(CNc1ccccc1)N1CCN(Cc2ccncc2)CC1. The van der Waals surface area contributed by atoms with Gasteiger partial charge in [-0.3, -0.25) is 14.7 Å². The Morgan fingerprint density at radius 2 is 1.67 bits per heavy atom. The Balaban J connectivity index is 0.00000208. The predicted molar refractivity (Wildman–Crippen MR) is 98.3 cm³/mol. The van der Waals surface area contributed by atoms with E-state index in [-0.39, 0.29) is 18.3 Å². The van der Waals surface area contributed by atoms with Crippen molar-refractivity contribution >= 4 is 24.0 Å². The van der Waals surface area contributed by atoms with Crippen molar-refractivity contribution in [2.75, 3.05) is 38.0 Å². The molecule has 0 bridgehead atoms. The van der Waals surface area contributed by atoms with E-state index in [9.17, 15) is 4.79 Å². The van der Waals surface area contributed by atoms with Crippen LogP contribution in [0.4, 0.5) is 5.69 Å². The molecule has 5 nitrogen and oxygen atoms in total. The molecule has 3 rings (SSSR count). The van der Waals surface area contributed by atoms with Crippen molar-refractivity contribution in [3.05, 3.63) is 60.4 Å². The number of hydrogen-bond donors (Lipinski definition) is 1. The van der Waals surface area contributed by atoms with E-state index in [0.29, 0.717) is 6.54 Å². The highest BCUT2D eigenvalue weighted by molar-refractivity contribution is 5.85. The van der Waals surface area contributed by atoms with Crippen molar-refractivity contribution in [2.24, 2.45) is 0 Å². The van der Waals surface area contributed by atoms with Crippen LogP contribution in [0.3, 0.4) is 0 Å². The highest BCUT2D eigenvalue weighted by atomic mass is 35.5. The number of para-hydroxylation sites is 1. The number of amides is 1. The minimum absolute atomic E-state index is 0. The number of hydrogen-bond acceptors (Lipinski definition) is 4. The van der Waals surface area contributed by atoms with Gasteiger partial charge in [0.15, 0.2) is 0 Å². The average molecular weight is 347 g/mol. The number of nitrogens with one attached hydrogen (secondary N) is 1. The highest BCUT2D eigenvalue weighted by Crippen LogP contribution is 2.09. The number of pyridine rings is 1. The largest absolute Gasteiger partial charge is 0.376 e. The second-order valence-electron chi connectivity index (χ2n) is 5.73. The molecule has 6 heteroatoms. The normalized spacial score (nSPS) is 14.8. The number of aromatic nitrogens is 1. The molecule has 128 valence electrons. The zero-order chi connectivity index (χ0) is 15.9. The van der Waals surface area contributed by atoms with Crippen molar-refractivity contribution in [2.45, 2.75) is 6.54 Å². The maximum Gasteiger partial charge on any atom is 0.241 e. The summed E-state index contributed by atoms with van der Waals surface area (Å²) in [5.74, 6) is 0.164. The number of piperazine rings is 1. The van der Waals surface area contributed by atoms with Gasteiger partial charge in [0.25, 0.3) is 0 Å². The van der Waals surface area contributed by atoms with Gasteiger partial charge >= 0.3 is 0 Å². The first-order valence-corrected chi connectivity index (χ1v) is 7.99. The van der Waals surface area contributed by atoms with E-state index in [0.717, 1.165) is 38.4 Å². The number of halogens is 1. The first-order chi connectivity index (χ1) is 11.3. The molecule has 1 amide bonds.